The van der Waals surface area contributed by atoms with Crippen molar-refractivity contribution in [3.63, 3.8) is 0 Å². The Kier molecular flexibility index (Phi) is 3.46. The summed E-state index contributed by atoms with van der Waals surface area (Å²) >= 11 is 7.47. The van der Waals surface area contributed by atoms with Crippen molar-refractivity contribution in [1.82, 2.24) is 8.96 Å². The van der Waals surface area contributed by atoms with E-state index >= 15 is 0 Å². The predicted molar refractivity (Wildman–Crippen MR) is 98.6 cm³/mol. The first-order valence-corrected chi connectivity index (χ1v) is 9.91. The molecule has 4 rings (SSSR count). The normalized spacial score (nSPS) is 12.3. The second-order valence-electron chi connectivity index (χ2n) is 5.63. The summed E-state index contributed by atoms with van der Waals surface area (Å²) in [5.41, 5.74) is 2.27. The average Bonchev–Trinajstić information content (AvgIpc) is 3.02. The Morgan fingerprint density at radius 2 is 1.79 bits per heavy atom. The fourth-order valence-corrected chi connectivity index (χ4v) is 5.61. The molecule has 0 atom stereocenters. The maximum Gasteiger partial charge on any atom is 0.269 e. The van der Waals surface area contributed by atoms with Gasteiger partial charge >= 0.3 is 0 Å². The van der Waals surface area contributed by atoms with Gasteiger partial charge in [-0.2, -0.15) is 0 Å². The van der Waals surface area contributed by atoms with E-state index in [1.807, 2.05) is 13.8 Å². The molecule has 2 aromatic carbocycles. The predicted octanol–water partition coefficient (Wildman–Crippen LogP) is 4.76. The molecule has 4 aromatic rings. The molecule has 0 aliphatic carbocycles. The molecule has 0 N–H and O–H groups in total. The molecule has 0 radical (unpaired) electrons. The summed E-state index contributed by atoms with van der Waals surface area (Å²) in [7, 11) is -3.72. The summed E-state index contributed by atoms with van der Waals surface area (Å²) in [6.07, 6.45) is 0. The second kappa shape index (κ2) is 5.31. The number of thiazole rings is 1. The number of hydrogen-bond acceptors (Lipinski definition) is 4. The van der Waals surface area contributed by atoms with Crippen molar-refractivity contribution < 1.29 is 8.42 Å². The zero-order chi connectivity index (χ0) is 17.1. The van der Waals surface area contributed by atoms with Gasteiger partial charge in [0.25, 0.3) is 10.0 Å². The first-order chi connectivity index (χ1) is 11.4. The third-order valence-electron chi connectivity index (χ3n) is 3.89. The molecule has 0 aliphatic rings. The van der Waals surface area contributed by atoms with Crippen molar-refractivity contribution in [1.29, 1.82) is 0 Å². The van der Waals surface area contributed by atoms with Crippen LogP contribution in [0.15, 0.2) is 47.4 Å². The highest BCUT2D eigenvalue weighted by molar-refractivity contribution is 7.90. The van der Waals surface area contributed by atoms with Gasteiger partial charge in [-0.05, 0) is 44.2 Å². The molecule has 0 saturated carbocycles. The van der Waals surface area contributed by atoms with Crippen LogP contribution in [0.3, 0.4) is 0 Å². The first kappa shape index (κ1) is 15.6. The Bertz CT molecular complexity index is 1190. The molecule has 0 unspecified atom stereocenters. The lowest BCUT2D eigenvalue weighted by molar-refractivity contribution is 0.590. The molecule has 0 saturated heterocycles. The van der Waals surface area contributed by atoms with Crippen molar-refractivity contribution in [3.05, 3.63) is 58.1 Å². The van der Waals surface area contributed by atoms with E-state index in [9.17, 15) is 8.42 Å². The molecule has 0 spiro atoms. The van der Waals surface area contributed by atoms with Gasteiger partial charge < -0.3 is 0 Å². The van der Waals surface area contributed by atoms with E-state index in [0.29, 0.717) is 20.9 Å². The van der Waals surface area contributed by atoms with Gasteiger partial charge in [-0.25, -0.2) is 17.4 Å². The van der Waals surface area contributed by atoms with Crippen molar-refractivity contribution in [2.75, 3.05) is 0 Å². The molecule has 0 amide bonds. The molecule has 2 heterocycles. The Morgan fingerprint density at radius 1 is 1.08 bits per heavy atom. The van der Waals surface area contributed by atoms with E-state index in [-0.39, 0.29) is 4.90 Å². The molecule has 122 valence electrons. The van der Waals surface area contributed by atoms with Crippen molar-refractivity contribution in [2.45, 2.75) is 18.7 Å². The highest BCUT2D eigenvalue weighted by Crippen LogP contribution is 2.36. The van der Waals surface area contributed by atoms with Crippen molar-refractivity contribution in [2.24, 2.45) is 0 Å². The van der Waals surface area contributed by atoms with Gasteiger partial charge in [-0.15, -0.1) is 0 Å². The average molecular weight is 377 g/mol. The van der Waals surface area contributed by atoms with Gasteiger partial charge in [0, 0.05) is 10.4 Å². The molecular weight excluding hydrogens is 364 g/mol. The van der Waals surface area contributed by atoms with Crippen LogP contribution in [0, 0.1) is 13.8 Å². The van der Waals surface area contributed by atoms with Crippen LogP contribution in [-0.2, 0) is 10.0 Å². The standard InChI is InChI=1S/C17H13ClN2O2S2/c1-10-3-6-13(7-4-10)24(21,22)20-15-8-5-12(18)9-14(15)16-17(20)23-11(2)19-16/h3-9H,1-2H3. The van der Waals surface area contributed by atoms with Crippen LogP contribution in [0.2, 0.25) is 5.02 Å². The van der Waals surface area contributed by atoms with Gasteiger partial charge in [0.05, 0.1) is 15.4 Å². The highest BCUT2D eigenvalue weighted by atomic mass is 35.5. The van der Waals surface area contributed by atoms with Crippen LogP contribution in [0.1, 0.15) is 10.6 Å². The Hall–Kier alpha value is -1.89. The summed E-state index contributed by atoms with van der Waals surface area (Å²) in [4.78, 5) is 5.37. The molecule has 0 bridgehead atoms. The van der Waals surface area contributed by atoms with Crippen LogP contribution >= 0.6 is 22.9 Å². The first-order valence-electron chi connectivity index (χ1n) is 7.27. The summed E-state index contributed by atoms with van der Waals surface area (Å²) in [5, 5.41) is 2.12. The molecule has 0 fully saturated rings. The van der Waals surface area contributed by atoms with E-state index in [1.165, 1.54) is 15.3 Å². The van der Waals surface area contributed by atoms with Gasteiger partial charge in [-0.1, -0.05) is 40.6 Å². The van der Waals surface area contributed by atoms with E-state index in [0.717, 1.165) is 16.0 Å². The van der Waals surface area contributed by atoms with Crippen LogP contribution < -0.4 is 0 Å². The third-order valence-corrected chi connectivity index (χ3v) is 6.93. The van der Waals surface area contributed by atoms with E-state index in [2.05, 4.69) is 4.98 Å². The number of aryl methyl sites for hydroxylation is 2. The number of rotatable bonds is 2. The molecule has 0 aliphatic heterocycles. The van der Waals surface area contributed by atoms with Gasteiger partial charge in [0.2, 0.25) is 0 Å². The fourth-order valence-electron chi connectivity index (χ4n) is 2.77. The summed E-state index contributed by atoms with van der Waals surface area (Å²) < 4.78 is 27.9. The van der Waals surface area contributed by atoms with Crippen LogP contribution in [0.25, 0.3) is 21.3 Å². The Labute approximate surface area is 148 Å². The zero-order valence-corrected chi connectivity index (χ0v) is 15.3. The Morgan fingerprint density at radius 3 is 2.50 bits per heavy atom. The summed E-state index contributed by atoms with van der Waals surface area (Å²) in [5.74, 6) is 0. The minimum Gasteiger partial charge on any atom is -0.239 e. The Balaban J connectivity index is 2.12. The maximum atomic E-state index is 13.2. The topological polar surface area (TPSA) is 52.0 Å². The number of fused-ring (bicyclic) bond motifs is 3. The zero-order valence-electron chi connectivity index (χ0n) is 12.9. The number of halogens is 1. The summed E-state index contributed by atoms with van der Waals surface area (Å²) in [6.45, 7) is 3.79. The molecule has 4 nitrogen and oxygen atoms in total. The van der Waals surface area contributed by atoms with E-state index in [1.54, 1.807) is 42.5 Å². The lowest BCUT2D eigenvalue weighted by Gasteiger charge is -2.08. The number of hydrogen-bond donors (Lipinski definition) is 0. The number of aromatic nitrogens is 2. The van der Waals surface area contributed by atoms with Crippen molar-refractivity contribution in [3.8, 4) is 0 Å². The van der Waals surface area contributed by atoms with Crippen LogP contribution in [0.4, 0.5) is 0 Å². The monoisotopic (exact) mass is 376 g/mol. The molecule has 2 aromatic heterocycles. The lowest BCUT2D eigenvalue weighted by atomic mass is 10.2. The smallest absolute Gasteiger partial charge is 0.239 e. The maximum absolute atomic E-state index is 13.2. The minimum atomic E-state index is -3.72. The largest absolute Gasteiger partial charge is 0.269 e. The summed E-state index contributed by atoms with van der Waals surface area (Å²) in [6, 6.07) is 12.0. The van der Waals surface area contributed by atoms with Crippen LogP contribution in [-0.4, -0.2) is 17.4 Å². The fraction of sp³-hybridized carbons (Fsp3) is 0.118. The quantitative estimate of drug-likeness (QED) is 0.507. The van der Waals surface area contributed by atoms with E-state index in [4.69, 9.17) is 11.6 Å². The number of benzene rings is 2. The minimum absolute atomic E-state index is 0.257. The van der Waals surface area contributed by atoms with Gasteiger partial charge in [0.1, 0.15) is 10.3 Å². The lowest BCUT2D eigenvalue weighted by Crippen LogP contribution is -2.12. The van der Waals surface area contributed by atoms with Gasteiger partial charge in [-0.3, -0.25) is 0 Å². The molecule has 24 heavy (non-hydrogen) atoms. The third kappa shape index (κ3) is 2.25. The van der Waals surface area contributed by atoms with Crippen molar-refractivity contribution >= 4 is 54.2 Å². The SMILES string of the molecule is Cc1ccc(S(=O)(=O)n2c3ccc(Cl)cc3c3nc(C)sc32)cc1. The van der Waals surface area contributed by atoms with E-state index < -0.39 is 10.0 Å². The molecular formula is C17H13ClN2O2S2. The second-order valence-corrected chi connectivity index (χ2v) is 9.04. The van der Waals surface area contributed by atoms with Crippen LogP contribution in [0.5, 0.6) is 0 Å². The van der Waals surface area contributed by atoms with Gasteiger partial charge in [0.15, 0.2) is 0 Å². The molecule has 7 heteroatoms. The highest BCUT2D eigenvalue weighted by Gasteiger charge is 2.25. The number of nitrogens with zero attached hydrogens (tertiary/aromatic N) is 2.